The molecule has 0 spiro atoms. The molecule has 3 unspecified atom stereocenters. The van der Waals surface area contributed by atoms with Crippen LogP contribution in [0.15, 0.2) is 0 Å². The Morgan fingerprint density at radius 3 is 2.10 bits per heavy atom. The minimum Gasteiger partial charge on any atom is -0.311 e. The van der Waals surface area contributed by atoms with Crippen LogP contribution >= 0.6 is 0 Å². The first-order valence-electron chi connectivity index (χ1n) is 8.82. The van der Waals surface area contributed by atoms with Crippen LogP contribution < -0.4 is 5.32 Å². The number of hydrogen-bond acceptors (Lipinski definition) is 2. The third-order valence-electron chi connectivity index (χ3n) is 4.97. The van der Waals surface area contributed by atoms with Crippen LogP contribution in [0.1, 0.15) is 67.7 Å². The molecule has 0 bridgehead atoms. The summed E-state index contributed by atoms with van der Waals surface area (Å²) in [5, 5.41) is 3.77. The first kappa shape index (κ1) is 18.0. The van der Waals surface area contributed by atoms with Crippen LogP contribution in [0.4, 0.5) is 0 Å². The second-order valence-electron chi connectivity index (χ2n) is 7.94. The number of rotatable bonds is 7. The average molecular weight is 283 g/mol. The summed E-state index contributed by atoms with van der Waals surface area (Å²) < 4.78 is 0. The molecule has 1 fully saturated rings. The topological polar surface area (TPSA) is 15.3 Å². The monoisotopic (exact) mass is 282 g/mol. The third kappa shape index (κ3) is 5.37. The molecule has 0 amide bonds. The number of nitrogens with zero attached hydrogens (tertiary/aromatic N) is 1. The Labute approximate surface area is 127 Å². The molecule has 0 aromatic rings. The van der Waals surface area contributed by atoms with Crippen LogP contribution in [-0.2, 0) is 0 Å². The van der Waals surface area contributed by atoms with Gasteiger partial charge in [-0.1, -0.05) is 54.4 Å². The van der Waals surface area contributed by atoms with E-state index in [-0.39, 0.29) is 0 Å². The second kappa shape index (κ2) is 8.38. The molecule has 1 rings (SSSR count). The summed E-state index contributed by atoms with van der Waals surface area (Å²) in [7, 11) is 0. The molecular weight excluding hydrogens is 244 g/mol. The van der Waals surface area contributed by atoms with Gasteiger partial charge in [0.05, 0.1) is 0 Å². The highest BCUT2D eigenvalue weighted by Gasteiger charge is 2.33. The van der Waals surface area contributed by atoms with Gasteiger partial charge in [-0.2, -0.15) is 0 Å². The van der Waals surface area contributed by atoms with Crippen LogP contribution in [0.3, 0.4) is 0 Å². The van der Waals surface area contributed by atoms with E-state index in [0.29, 0.717) is 12.1 Å². The standard InChI is InChI=1S/C18H38N2/c1-13(2)9-8-10-16(7)20-12-17(14(3)4)19-11-18(20)15(5)6/h13-19H,8-12H2,1-7H3. The van der Waals surface area contributed by atoms with Crippen LogP contribution in [0.2, 0.25) is 0 Å². The molecule has 3 atom stereocenters. The smallest absolute Gasteiger partial charge is 0.0247 e. The highest BCUT2D eigenvalue weighted by Crippen LogP contribution is 2.23. The molecule has 0 aromatic carbocycles. The van der Waals surface area contributed by atoms with Crippen molar-refractivity contribution in [1.29, 1.82) is 0 Å². The van der Waals surface area contributed by atoms with Gasteiger partial charge in [0.25, 0.3) is 0 Å². The van der Waals surface area contributed by atoms with Crippen molar-refractivity contribution in [2.24, 2.45) is 17.8 Å². The first-order chi connectivity index (χ1) is 9.32. The lowest BCUT2D eigenvalue weighted by Crippen LogP contribution is -2.61. The maximum atomic E-state index is 3.77. The minimum absolute atomic E-state index is 0.664. The highest BCUT2D eigenvalue weighted by atomic mass is 15.3. The van der Waals surface area contributed by atoms with Gasteiger partial charge in [0.1, 0.15) is 0 Å². The fourth-order valence-electron chi connectivity index (χ4n) is 3.38. The van der Waals surface area contributed by atoms with Gasteiger partial charge in [0.15, 0.2) is 0 Å². The molecule has 0 radical (unpaired) electrons. The van der Waals surface area contributed by atoms with Gasteiger partial charge in [-0.25, -0.2) is 0 Å². The van der Waals surface area contributed by atoms with Gasteiger partial charge < -0.3 is 5.32 Å². The minimum atomic E-state index is 0.664. The van der Waals surface area contributed by atoms with Crippen molar-refractivity contribution in [2.75, 3.05) is 13.1 Å². The molecule has 0 saturated carbocycles. The Balaban J connectivity index is 2.58. The van der Waals surface area contributed by atoms with Crippen molar-refractivity contribution in [3.8, 4) is 0 Å². The molecule has 0 aliphatic carbocycles. The van der Waals surface area contributed by atoms with Crippen LogP contribution in [0.5, 0.6) is 0 Å². The van der Waals surface area contributed by atoms with Gasteiger partial charge in [0, 0.05) is 31.2 Å². The SMILES string of the molecule is CC(C)CCCC(C)N1CC(C(C)C)NCC1C(C)C. The molecule has 0 aromatic heterocycles. The normalized spacial score (nSPS) is 26.7. The van der Waals surface area contributed by atoms with Crippen molar-refractivity contribution in [3.63, 3.8) is 0 Å². The summed E-state index contributed by atoms with van der Waals surface area (Å²) in [6, 6.07) is 2.10. The fraction of sp³-hybridized carbons (Fsp3) is 1.00. The Morgan fingerprint density at radius 2 is 1.60 bits per heavy atom. The first-order valence-corrected chi connectivity index (χ1v) is 8.82. The predicted molar refractivity (Wildman–Crippen MR) is 90.1 cm³/mol. The zero-order valence-electron chi connectivity index (χ0n) is 14.9. The fourth-order valence-corrected chi connectivity index (χ4v) is 3.38. The van der Waals surface area contributed by atoms with E-state index in [1.165, 1.54) is 25.8 Å². The number of nitrogens with one attached hydrogen (secondary N) is 1. The van der Waals surface area contributed by atoms with E-state index in [1.807, 2.05) is 0 Å². The Morgan fingerprint density at radius 1 is 0.950 bits per heavy atom. The van der Waals surface area contributed by atoms with Gasteiger partial charge in [-0.15, -0.1) is 0 Å². The van der Waals surface area contributed by atoms with Crippen molar-refractivity contribution in [2.45, 2.75) is 85.9 Å². The van der Waals surface area contributed by atoms with Crippen molar-refractivity contribution in [3.05, 3.63) is 0 Å². The highest BCUT2D eigenvalue weighted by molar-refractivity contribution is 4.91. The maximum Gasteiger partial charge on any atom is 0.0247 e. The van der Waals surface area contributed by atoms with E-state index < -0.39 is 0 Å². The molecule has 1 N–H and O–H groups in total. The van der Waals surface area contributed by atoms with Crippen molar-refractivity contribution >= 4 is 0 Å². The lowest BCUT2D eigenvalue weighted by atomic mass is 9.91. The molecular formula is C18H38N2. The average Bonchev–Trinajstić information content (AvgIpc) is 2.37. The summed E-state index contributed by atoms with van der Waals surface area (Å²) >= 11 is 0. The lowest BCUT2D eigenvalue weighted by molar-refractivity contribution is 0.0474. The molecule has 2 heteroatoms. The largest absolute Gasteiger partial charge is 0.311 e. The van der Waals surface area contributed by atoms with E-state index in [4.69, 9.17) is 0 Å². The van der Waals surface area contributed by atoms with E-state index in [2.05, 4.69) is 58.7 Å². The summed E-state index contributed by atoms with van der Waals surface area (Å²) in [6.07, 6.45) is 4.10. The van der Waals surface area contributed by atoms with Crippen molar-refractivity contribution < 1.29 is 0 Å². The molecule has 1 aliphatic rings. The molecule has 2 nitrogen and oxygen atoms in total. The Hall–Kier alpha value is -0.0800. The Bertz CT molecular complexity index is 260. The maximum absolute atomic E-state index is 3.77. The van der Waals surface area contributed by atoms with Crippen LogP contribution in [0, 0.1) is 17.8 Å². The van der Waals surface area contributed by atoms with E-state index in [1.54, 1.807) is 0 Å². The number of piperazine rings is 1. The zero-order valence-corrected chi connectivity index (χ0v) is 14.9. The Kier molecular flexibility index (Phi) is 7.53. The van der Waals surface area contributed by atoms with Gasteiger partial charge in [-0.3, -0.25) is 4.90 Å². The summed E-state index contributed by atoms with van der Waals surface area (Å²) in [5.74, 6) is 2.31. The van der Waals surface area contributed by atoms with E-state index in [0.717, 1.165) is 30.3 Å². The van der Waals surface area contributed by atoms with Crippen LogP contribution in [0.25, 0.3) is 0 Å². The summed E-state index contributed by atoms with van der Waals surface area (Å²) in [6.45, 7) is 18.9. The third-order valence-corrected chi connectivity index (χ3v) is 4.97. The van der Waals surface area contributed by atoms with Gasteiger partial charge in [-0.05, 0) is 31.1 Å². The molecule has 120 valence electrons. The van der Waals surface area contributed by atoms with E-state index in [9.17, 15) is 0 Å². The zero-order chi connectivity index (χ0) is 15.3. The molecule has 1 heterocycles. The van der Waals surface area contributed by atoms with Gasteiger partial charge >= 0.3 is 0 Å². The molecule has 1 aliphatic heterocycles. The molecule has 1 saturated heterocycles. The summed E-state index contributed by atoms with van der Waals surface area (Å²) in [4.78, 5) is 2.80. The second-order valence-corrected chi connectivity index (χ2v) is 7.94. The van der Waals surface area contributed by atoms with Gasteiger partial charge in [0.2, 0.25) is 0 Å². The van der Waals surface area contributed by atoms with Crippen LogP contribution in [-0.4, -0.2) is 36.1 Å². The number of hydrogen-bond donors (Lipinski definition) is 1. The lowest BCUT2D eigenvalue weighted by Gasteiger charge is -2.46. The quantitative estimate of drug-likeness (QED) is 0.754. The summed E-state index contributed by atoms with van der Waals surface area (Å²) in [5.41, 5.74) is 0. The van der Waals surface area contributed by atoms with Crippen molar-refractivity contribution in [1.82, 2.24) is 10.2 Å². The molecule has 20 heavy (non-hydrogen) atoms. The van der Waals surface area contributed by atoms with E-state index >= 15 is 0 Å². The predicted octanol–water partition coefficient (Wildman–Crippen LogP) is 4.16.